The molecule has 9 heteroatoms. The Morgan fingerprint density at radius 1 is 0.912 bits per heavy atom. The summed E-state index contributed by atoms with van der Waals surface area (Å²) in [5.41, 5.74) is 0.734. The molecule has 0 aliphatic rings. The molecule has 1 amide bonds. The number of para-hydroxylation sites is 2. The minimum atomic E-state index is -4.11. The number of hydrogen-bond acceptors (Lipinski definition) is 6. The normalized spacial score (nSPS) is 11.1. The molecule has 1 N–H and O–H groups in total. The largest absolute Gasteiger partial charge is 0.497 e. The average Bonchev–Trinajstić information content (AvgIpc) is 2.82. The van der Waals surface area contributed by atoms with Gasteiger partial charge in [0.2, 0.25) is 5.91 Å². The lowest BCUT2D eigenvalue weighted by atomic mass is 10.2. The van der Waals surface area contributed by atoms with Crippen LogP contribution in [-0.2, 0) is 14.8 Å². The van der Waals surface area contributed by atoms with E-state index in [0.29, 0.717) is 22.9 Å². The van der Waals surface area contributed by atoms with Crippen LogP contribution in [-0.4, -0.2) is 41.2 Å². The molecule has 8 nitrogen and oxygen atoms in total. The molecule has 0 radical (unpaired) electrons. The molecule has 34 heavy (non-hydrogen) atoms. The zero-order chi connectivity index (χ0) is 24.7. The van der Waals surface area contributed by atoms with Crippen molar-refractivity contribution >= 4 is 27.3 Å². The molecule has 3 aromatic carbocycles. The number of nitrogens with zero attached hydrogens (tertiary/aromatic N) is 1. The Kier molecular flexibility index (Phi) is 8.01. The molecule has 0 aliphatic carbocycles. The molecular formula is C25H28N2O6S. The van der Waals surface area contributed by atoms with E-state index in [-0.39, 0.29) is 16.7 Å². The third kappa shape index (κ3) is 5.99. The first kappa shape index (κ1) is 24.9. The van der Waals surface area contributed by atoms with Gasteiger partial charge in [-0.1, -0.05) is 18.2 Å². The first-order chi connectivity index (χ1) is 16.2. The Bertz CT molecular complexity index is 1230. The predicted molar refractivity (Wildman–Crippen MR) is 131 cm³/mol. The van der Waals surface area contributed by atoms with Crippen molar-refractivity contribution in [3.8, 4) is 17.2 Å². The van der Waals surface area contributed by atoms with Crippen LogP contribution in [0, 0.1) is 0 Å². The summed E-state index contributed by atoms with van der Waals surface area (Å²) in [5.74, 6) is 0.911. The number of methoxy groups -OCH3 is 2. The maximum Gasteiger partial charge on any atom is 0.264 e. The lowest BCUT2D eigenvalue weighted by Crippen LogP contribution is -2.38. The lowest BCUT2D eigenvalue weighted by Gasteiger charge is -2.25. The Morgan fingerprint density at radius 2 is 1.62 bits per heavy atom. The van der Waals surface area contributed by atoms with Crippen molar-refractivity contribution in [2.75, 3.05) is 30.4 Å². The van der Waals surface area contributed by atoms with E-state index in [1.54, 1.807) is 60.7 Å². The van der Waals surface area contributed by atoms with Gasteiger partial charge in [0.25, 0.3) is 10.0 Å². The van der Waals surface area contributed by atoms with Gasteiger partial charge in [-0.15, -0.1) is 0 Å². The van der Waals surface area contributed by atoms with E-state index >= 15 is 0 Å². The molecule has 0 heterocycles. The number of amides is 1. The Hall–Kier alpha value is -3.72. The van der Waals surface area contributed by atoms with Crippen molar-refractivity contribution < 1.29 is 27.4 Å². The zero-order valence-electron chi connectivity index (χ0n) is 19.5. The van der Waals surface area contributed by atoms with Crippen molar-refractivity contribution in [3.05, 3.63) is 72.8 Å². The van der Waals surface area contributed by atoms with Crippen LogP contribution in [0.2, 0.25) is 0 Å². The van der Waals surface area contributed by atoms with E-state index in [1.165, 1.54) is 26.4 Å². The van der Waals surface area contributed by atoms with E-state index in [0.717, 1.165) is 4.31 Å². The second-order valence-electron chi connectivity index (χ2n) is 7.60. The van der Waals surface area contributed by atoms with Gasteiger partial charge in [-0.2, -0.15) is 0 Å². The molecule has 180 valence electrons. The van der Waals surface area contributed by atoms with Gasteiger partial charge in [0, 0.05) is 11.8 Å². The Labute approximate surface area is 200 Å². The van der Waals surface area contributed by atoms with Crippen molar-refractivity contribution in [2.24, 2.45) is 0 Å². The first-order valence-corrected chi connectivity index (χ1v) is 12.0. The minimum absolute atomic E-state index is 0.0133. The van der Waals surface area contributed by atoms with Gasteiger partial charge >= 0.3 is 0 Å². The number of hydrogen-bond donors (Lipinski definition) is 1. The fourth-order valence-electron chi connectivity index (χ4n) is 3.26. The summed E-state index contributed by atoms with van der Waals surface area (Å²) in [6.07, 6.45) is -0.0263. The van der Waals surface area contributed by atoms with E-state index in [1.807, 2.05) is 13.8 Å². The molecule has 0 saturated carbocycles. The summed E-state index contributed by atoms with van der Waals surface area (Å²) < 4.78 is 44.4. The number of rotatable bonds is 10. The third-order valence-corrected chi connectivity index (χ3v) is 6.55. The maximum atomic E-state index is 13.6. The summed E-state index contributed by atoms with van der Waals surface area (Å²) in [7, 11) is -1.17. The van der Waals surface area contributed by atoms with Crippen LogP contribution < -0.4 is 23.8 Å². The molecule has 0 fully saturated rings. The Balaban J connectivity index is 1.94. The predicted octanol–water partition coefficient (Wildman–Crippen LogP) is 4.33. The van der Waals surface area contributed by atoms with E-state index < -0.39 is 22.5 Å². The monoisotopic (exact) mass is 484 g/mol. The van der Waals surface area contributed by atoms with Gasteiger partial charge in [-0.3, -0.25) is 9.10 Å². The van der Waals surface area contributed by atoms with Crippen molar-refractivity contribution in [1.29, 1.82) is 0 Å². The fourth-order valence-corrected chi connectivity index (χ4v) is 4.69. The van der Waals surface area contributed by atoms with E-state index in [9.17, 15) is 13.2 Å². The molecule has 0 aromatic heterocycles. The van der Waals surface area contributed by atoms with Crippen LogP contribution in [0.25, 0.3) is 0 Å². The highest BCUT2D eigenvalue weighted by molar-refractivity contribution is 7.92. The number of anilines is 2. The van der Waals surface area contributed by atoms with Crippen LogP contribution in [0.5, 0.6) is 17.2 Å². The van der Waals surface area contributed by atoms with Crippen LogP contribution >= 0.6 is 0 Å². The van der Waals surface area contributed by atoms with Crippen LogP contribution in [0.3, 0.4) is 0 Å². The molecule has 0 aliphatic heterocycles. The summed E-state index contributed by atoms with van der Waals surface area (Å²) in [6.45, 7) is 3.34. The van der Waals surface area contributed by atoms with Gasteiger partial charge in [-0.05, 0) is 62.4 Å². The highest BCUT2D eigenvalue weighted by Crippen LogP contribution is 2.32. The van der Waals surface area contributed by atoms with Gasteiger partial charge < -0.3 is 19.5 Å². The molecule has 0 bridgehead atoms. The molecule has 0 spiro atoms. The SMILES string of the molecule is COc1ccc(S(=O)(=O)N(CC(=O)Nc2cccc(OC(C)C)c2)c2ccccc2OC)cc1. The first-order valence-electron chi connectivity index (χ1n) is 10.6. The minimum Gasteiger partial charge on any atom is -0.497 e. The summed E-state index contributed by atoms with van der Waals surface area (Å²) in [6, 6.07) is 19.5. The standard InChI is InChI=1S/C25H28N2O6S/c1-18(2)33-21-9-7-8-19(16-21)26-25(28)17-27(23-10-5-6-11-24(23)32-4)34(29,30)22-14-12-20(31-3)13-15-22/h5-16,18H,17H2,1-4H3,(H,26,28). The van der Waals surface area contributed by atoms with Gasteiger partial charge in [0.05, 0.1) is 30.9 Å². The molecular weight excluding hydrogens is 456 g/mol. The lowest BCUT2D eigenvalue weighted by molar-refractivity contribution is -0.114. The molecule has 3 rings (SSSR count). The van der Waals surface area contributed by atoms with Crippen molar-refractivity contribution in [2.45, 2.75) is 24.8 Å². The molecule has 0 saturated heterocycles. The number of benzene rings is 3. The highest BCUT2D eigenvalue weighted by Gasteiger charge is 2.29. The van der Waals surface area contributed by atoms with Gasteiger partial charge in [-0.25, -0.2) is 8.42 Å². The van der Waals surface area contributed by atoms with Crippen LogP contribution in [0.4, 0.5) is 11.4 Å². The number of sulfonamides is 1. The fraction of sp³-hybridized carbons (Fsp3) is 0.240. The zero-order valence-corrected chi connectivity index (χ0v) is 20.3. The second kappa shape index (κ2) is 10.9. The number of ether oxygens (including phenoxy) is 3. The van der Waals surface area contributed by atoms with E-state index in [2.05, 4.69) is 5.32 Å². The van der Waals surface area contributed by atoms with Gasteiger partial charge in [0.1, 0.15) is 23.8 Å². The topological polar surface area (TPSA) is 94.2 Å². The molecule has 3 aromatic rings. The summed E-state index contributed by atoms with van der Waals surface area (Å²) in [5, 5.41) is 2.75. The molecule has 0 atom stereocenters. The summed E-state index contributed by atoms with van der Waals surface area (Å²) in [4.78, 5) is 13.0. The highest BCUT2D eigenvalue weighted by atomic mass is 32.2. The van der Waals surface area contributed by atoms with Crippen LogP contribution in [0.1, 0.15) is 13.8 Å². The number of carbonyl (C=O) groups is 1. The second-order valence-corrected chi connectivity index (χ2v) is 9.46. The van der Waals surface area contributed by atoms with Crippen LogP contribution in [0.15, 0.2) is 77.7 Å². The maximum absolute atomic E-state index is 13.6. The quantitative estimate of drug-likeness (QED) is 0.461. The Morgan fingerprint density at radius 3 is 2.26 bits per heavy atom. The molecule has 0 unspecified atom stereocenters. The van der Waals surface area contributed by atoms with E-state index in [4.69, 9.17) is 14.2 Å². The summed E-state index contributed by atoms with van der Waals surface area (Å²) >= 11 is 0. The number of carbonyl (C=O) groups excluding carboxylic acids is 1. The smallest absolute Gasteiger partial charge is 0.264 e. The van der Waals surface area contributed by atoms with Crippen molar-refractivity contribution in [3.63, 3.8) is 0 Å². The van der Waals surface area contributed by atoms with Crippen molar-refractivity contribution in [1.82, 2.24) is 0 Å². The number of nitrogens with one attached hydrogen (secondary N) is 1. The van der Waals surface area contributed by atoms with Gasteiger partial charge in [0.15, 0.2) is 0 Å². The average molecular weight is 485 g/mol. The third-order valence-electron chi connectivity index (χ3n) is 4.78.